The number of carbonyl (C=O) groups excluding carboxylic acids is 1. The third kappa shape index (κ3) is 5.27. The summed E-state index contributed by atoms with van der Waals surface area (Å²) in [5.74, 6) is 1.07. The van der Waals surface area contributed by atoms with Gasteiger partial charge in [0.05, 0.1) is 25.1 Å². The van der Waals surface area contributed by atoms with Gasteiger partial charge in [-0.3, -0.25) is 5.32 Å². The van der Waals surface area contributed by atoms with Gasteiger partial charge < -0.3 is 25.3 Å². The molecule has 26 heavy (non-hydrogen) atoms. The lowest BCUT2D eigenvalue weighted by Crippen LogP contribution is -2.31. The van der Waals surface area contributed by atoms with Crippen LogP contribution in [0.3, 0.4) is 0 Å². The first-order valence-electron chi connectivity index (χ1n) is 7.59. The van der Waals surface area contributed by atoms with Crippen molar-refractivity contribution in [3.05, 3.63) is 12.7 Å². The summed E-state index contributed by atoms with van der Waals surface area (Å²) in [5.41, 5.74) is 1.00. The molecule has 1 saturated heterocycles. The molecule has 0 saturated carbocycles. The molecule has 1 aliphatic heterocycles. The van der Waals surface area contributed by atoms with Crippen molar-refractivity contribution in [2.24, 2.45) is 0 Å². The fourth-order valence-corrected chi connectivity index (χ4v) is 2.73. The first-order valence-corrected chi connectivity index (χ1v) is 8.98. The zero-order valence-corrected chi connectivity index (χ0v) is 14.7. The fourth-order valence-electron chi connectivity index (χ4n) is 2.11. The van der Waals surface area contributed by atoms with E-state index in [0.717, 1.165) is 5.75 Å². The molecule has 1 aliphatic rings. The molecule has 5 N–H and O–H groups in total. The Bertz CT molecular complexity index is 763. The highest BCUT2D eigenvalue weighted by Gasteiger charge is 2.33. The Kier molecular flexibility index (Phi) is 7.54. The van der Waals surface area contributed by atoms with E-state index in [9.17, 15) is 9.90 Å². The third-order valence-electron chi connectivity index (χ3n) is 3.37. The molecule has 0 aromatic carbocycles. The number of anilines is 1. The molecule has 0 spiro atoms. The van der Waals surface area contributed by atoms with Gasteiger partial charge in [0.1, 0.15) is 30.6 Å². The van der Waals surface area contributed by atoms with Gasteiger partial charge in [-0.25, -0.2) is 19.7 Å². The van der Waals surface area contributed by atoms with E-state index in [-0.39, 0.29) is 19.3 Å². The van der Waals surface area contributed by atoms with Crippen LogP contribution in [0.5, 0.6) is 0 Å². The van der Waals surface area contributed by atoms with Crippen LogP contribution >= 0.6 is 11.8 Å². The van der Waals surface area contributed by atoms with Crippen LogP contribution in [0.1, 0.15) is 0 Å². The largest absolute Gasteiger partial charge is 0.388 e. The Labute approximate surface area is 153 Å². The first kappa shape index (κ1) is 19.9. The van der Waals surface area contributed by atoms with Crippen LogP contribution in [0.15, 0.2) is 12.7 Å². The summed E-state index contributed by atoms with van der Waals surface area (Å²) in [4.78, 5) is 25.8. The Hall–Kier alpha value is -2.46. The van der Waals surface area contributed by atoms with Crippen molar-refractivity contribution in [2.75, 3.05) is 30.5 Å². The number of rotatable bonds is 4. The minimum Gasteiger partial charge on any atom is -0.388 e. The number of nitrogens with zero attached hydrogens (tertiary/aromatic N) is 4. The Morgan fingerprint density at radius 3 is 2.96 bits per heavy atom. The molecule has 2 amide bonds. The van der Waals surface area contributed by atoms with E-state index in [2.05, 4.69) is 30.6 Å². The van der Waals surface area contributed by atoms with Crippen LogP contribution < -0.4 is 10.6 Å². The molecule has 2 unspecified atom stereocenters. The number of urea groups is 1. The number of aromatic amines is 1. The third-order valence-corrected chi connectivity index (χ3v) is 4.03. The van der Waals surface area contributed by atoms with Gasteiger partial charge in [-0.2, -0.15) is 17.0 Å². The average Bonchev–Trinajstić information content (AvgIpc) is 3.24. The van der Waals surface area contributed by atoms with E-state index in [0.29, 0.717) is 17.0 Å². The highest BCUT2D eigenvalue weighted by atomic mass is 32.2. The summed E-state index contributed by atoms with van der Waals surface area (Å²) in [6.45, 7) is 0.204. The summed E-state index contributed by atoms with van der Waals surface area (Å²) >= 11 is 1.61. The van der Waals surface area contributed by atoms with Crippen molar-refractivity contribution in [3.8, 4) is 6.07 Å². The summed E-state index contributed by atoms with van der Waals surface area (Å²) in [5, 5.41) is 31.3. The van der Waals surface area contributed by atoms with Crippen molar-refractivity contribution < 1.29 is 19.7 Å². The topological polar surface area (TPSA) is 169 Å². The van der Waals surface area contributed by atoms with E-state index < -0.39 is 18.2 Å². The van der Waals surface area contributed by atoms with Crippen LogP contribution in [0.2, 0.25) is 0 Å². The maximum atomic E-state index is 11.3. The number of thioether (sulfide) groups is 1. The molecule has 3 atom stereocenters. The molecule has 3 heterocycles. The van der Waals surface area contributed by atoms with Crippen molar-refractivity contribution in [1.82, 2.24) is 25.3 Å². The van der Waals surface area contributed by atoms with Crippen LogP contribution in [-0.4, -0.2) is 79.7 Å². The van der Waals surface area contributed by atoms with Gasteiger partial charge in [0.15, 0.2) is 11.5 Å². The van der Waals surface area contributed by atoms with Crippen LogP contribution in [0.4, 0.5) is 10.6 Å². The molecule has 12 heteroatoms. The maximum Gasteiger partial charge on any atom is 0.321 e. The van der Waals surface area contributed by atoms with Crippen molar-refractivity contribution >= 4 is 34.8 Å². The average molecular weight is 381 g/mol. The lowest BCUT2D eigenvalue weighted by Gasteiger charge is -2.12. The summed E-state index contributed by atoms with van der Waals surface area (Å²) in [6.07, 6.45) is 3.15. The van der Waals surface area contributed by atoms with Gasteiger partial charge in [0.25, 0.3) is 0 Å². The second kappa shape index (κ2) is 9.88. The highest BCUT2D eigenvalue weighted by molar-refractivity contribution is 7.98. The number of imidazole rings is 1. The molecule has 0 aliphatic carbocycles. The number of aromatic nitrogens is 4. The van der Waals surface area contributed by atoms with Gasteiger partial charge in [-0.05, 0) is 6.26 Å². The fraction of sp³-hybridized carbons (Fsp3) is 0.500. The van der Waals surface area contributed by atoms with Gasteiger partial charge in [0.2, 0.25) is 0 Å². The smallest absolute Gasteiger partial charge is 0.321 e. The van der Waals surface area contributed by atoms with Gasteiger partial charge in [-0.1, -0.05) is 0 Å². The number of H-pyrrole nitrogens is 1. The van der Waals surface area contributed by atoms with Crippen molar-refractivity contribution in [3.63, 3.8) is 0 Å². The Morgan fingerprint density at radius 2 is 2.31 bits per heavy atom. The Morgan fingerprint density at radius 1 is 1.50 bits per heavy atom. The number of aliphatic hydroxyl groups excluding tert-OH is 2. The first-order chi connectivity index (χ1) is 12.6. The van der Waals surface area contributed by atoms with Crippen molar-refractivity contribution in [1.29, 1.82) is 5.26 Å². The van der Waals surface area contributed by atoms with E-state index >= 15 is 0 Å². The van der Waals surface area contributed by atoms with Gasteiger partial charge >= 0.3 is 6.03 Å². The Balaban J connectivity index is 0.000000209. The number of aliphatic hydroxyl groups is 2. The zero-order valence-electron chi connectivity index (χ0n) is 13.9. The molecular weight excluding hydrogens is 362 g/mol. The number of nitriles is 1. The number of carbonyl (C=O) groups is 1. The van der Waals surface area contributed by atoms with E-state index in [1.165, 1.54) is 12.7 Å². The molecule has 11 nitrogen and oxygen atoms in total. The monoisotopic (exact) mass is 381 g/mol. The van der Waals surface area contributed by atoms with Crippen molar-refractivity contribution in [2.45, 2.75) is 18.3 Å². The zero-order chi connectivity index (χ0) is 18.9. The summed E-state index contributed by atoms with van der Waals surface area (Å²) < 4.78 is 5.10. The van der Waals surface area contributed by atoms with Crippen LogP contribution in [0.25, 0.3) is 11.2 Å². The molecule has 2 aromatic rings. The minimum absolute atomic E-state index is 0.0664. The van der Waals surface area contributed by atoms with Gasteiger partial charge in [-0.15, -0.1) is 0 Å². The standard InChI is InChI=1S/C8H7N7O.C6H12O3S/c9-1-2-10-8(16)15-7-5-6(12-3-11-5)13-4-14-7;1-10-3-5-6(8)4(7)2-9-5/h3-4H,2H2,(H3,10,11,12,13,14,15,16);4-8H,2-3H2,1H3/t;4?,5-,6?/m.1/s1. The second-order valence-electron chi connectivity index (χ2n) is 5.17. The minimum atomic E-state index is -0.688. The predicted octanol–water partition coefficient (Wildman–Crippen LogP) is -0.532. The molecule has 0 radical (unpaired) electrons. The number of fused-ring (bicyclic) bond motifs is 1. The lowest BCUT2D eigenvalue weighted by atomic mass is 10.2. The molecule has 0 bridgehead atoms. The molecule has 3 rings (SSSR count). The molecule has 140 valence electrons. The van der Waals surface area contributed by atoms with E-state index in [1.54, 1.807) is 17.8 Å². The number of ether oxygens (including phenoxy) is 1. The molecular formula is C14H19N7O4S. The lowest BCUT2D eigenvalue weighted by molar-refractivity contribution is 0.0337. The maximum absolute atomic E-state index is 11.3. The van der Waals surface area contributed by atoms with Gasteiger partial charge in [0, 0.05) is 5.75 Å². The summed E-state index contributed by atoms with van der Waals surface area (Å²) in [6, 6.07) is 1.29. The highest BCUT2D eigenvalue weighted by Crippen LogP contribution is 2.17. The second-order valence-corrected chi connectivity index (χ2v) is 6.08. The SMILES string of the molecule is CSC[C@H]1OCC(O)C1O.N#CCNC(=O)Nc1ncnc2nc[nH]c12. The number of hydrogen-bond acceptors (Lipinski definition) is 9. The van der Waals surface area contributed by atoms with Crippen LogP contribution in [-0.2, 0) is 4.74 Å². The van der Waals surface area contributed by atoms with Crippen LogP contribution in [0, 0.1) is 11.3 Å². The van der Waals surface area contributed by atoms with E-state index in [1.807, 2.05) is 6.26 Å². The predicted molar refractivity (Wildman–Crippen MR) is 94.5 cm³/mol. The van der Waals surface area contributed by atoms with E-state index in [4.69, 9.17) is 15.1 Å². The number of hydrogen-bond donors (Lipinski definition) is 5. The quantitative estimate of drug-likeness (QED) is 0.437. The number of nitrogens with one attached hydrogen (secondary N) is 3. The number of amides is 2. The normalized spacial score (nSPS) is 21.5. The summed E-state index contributed by atoms with van der Waals surface area (Å²) in [7, 11) is 0. The molecule has 2 aromatic heterocycles. The molecule has 1 fully saturated rings.